The van der Waals surface area contributed by atoms with Crippen LogP contribution in [0.5, 0.6) is 0 Å². The summed E-state index contributed by atoms with van der Waals surface area (Å²) in [6, 6.07) is 0. The lowest BCUT2D eigenvalue weighted by molar-refractivity contribution is -0.146. The van der Waals surface area contributed by atoms with Crippen molar-refractivity contribution in [3.63, 3.8) is 0 Å². The fraction of sp³-hybridized carbons (Fsp3) is 0.762. The Morgan fingerprint density at radius 3 is 2.96 bits per heavy atom. The summed E-state index contributed by atoms with van der Waals surface area (Å²) in [5, 5.41) is 0. The highest BCUT2D eigenvalue weighted by Gasteiger charge is 2.57. The monoisotopic (exact) mass is 314 g/mol. The largest absolute Gasteiger partial charge is 0.469 e. The average Bonchev–Trinajstić information content (AvgIpc) is 2.97. The Kier molecular flexibility index (Phi) is 3.70. The number of hydrogen-bond donors (Lipinski definition) is 0. The maximum Gasteiger partial charge on any atom is 0.306 e. The van der Waals surface area contributed by atoms with Crippen molar-refractivity contribution >= 4 is 5.97 Å². The van der Waals surface area contributed by atoms with Crippen LogP contribution in [0.1, 0.15) is 64.7 Å². The van der Waals surface area contributed by atoms with Gasteiger partial charge >= 0.3 is 5.97 Å². The minimum absolute atomic E-state index is 0.00974. The lowest BCUT2D eigenvalue weighted by Gasteiger charge is -2.56. The number of ether oxygens (including phenoxy) is 1. The molecule has 0 heterocycles. The molecule has 126 valence electrons. The van der Waals surface area contributed by atoms with Crippen molar-refractivity contribution in [2.45, 2.75) is 64.7 Å². The highest BCUT2D eigenvalue weighted by atomic mass is 16.5. The first-order chi connectivity index (χ1) is 11.1. The second-order valence-electron chi connectivity index (χ2n) is 8.61. The molecule has 0 aromatic rings. The molecule has 4 aliphatic rings. The highest BCUT2D eigenvalue weighted by molar-refractivity contribution is 5.70. The van der Waals surface area contributed by atoms with Crippen LogP contribution in [0, 0.1) is 28.6 Å². The standard InChI is InChI=1S/C21H30O2/c1-20-11-4-3-6-15(20)8-9-16-17(20)10-13-21(14-19(22)23-2)12-5-7-18(16)21/h4,6,11,16-18H,3,5,7-10,12-14H2,1-2H3/t16-,17+,18+,20+,21+/m1/s1. The Hall–Kier alpha value is -1.05. The number of methoxy groups -OCH3 is 1. The van der Waals surface area contributed by atoms with Crippen LogP contribution in [0.15, 0.2) is 23.8 Å². The third-order valence-electron chi connectivity index (χ3n) is 7.86. The quantitative estimate of drug-likeness (QED) is 0.527. The zero-order valence-corrected chi connectivity index (χ0v) is 14.6. The molecule has 0 radical (unpaired) electrons. The normalized spacial score (nSPS) is 44.8. The van der Waals surface area contributed by atoms with Gasteiger partial charge < -0.3 is 4.74 Å². The molecule has 4 rings (SSSR count). The molecule has 4 aliphatic carbocycles. The highest BCUT2D eigenvalue weighted by Crippen LogP contribution is 2.65. The molecule has 5 atom stereocenters. The van der Waals surface area contributed by atoms with Gasteiger partial charge in [-0.25, -0.2) is 0 Å². The maximum atomic E-state index is 12.0. The van der Waals surface area contributed by atoms with Gasteiger partial charge in [0.15, 0.2) is 0 Å². The van der Waals surface area contributed by atoms with Crippen LogP contribution in [-0.2, 0) is 9.53 Å². The summed E-state index contributed by atoms with van der Waals surface area (Å²) in [5.41, 5.74) is 2.24. The zero-order valence-electron chi connectivity index (χ0n) is 14.6. The molecule has 3 saturated carbocycles. The summed E-state index contributed by atoms with van der Waals surface area (Å²) in [4.78, 5) is 12.0. The van der Waals surface area contributed by atoms with E-state index in [0.29, 0.717) is 11.8 Å². The molecule has 3 fully saturated rings. The number of fused-ring (bicyclic) bond motifs is 5. The van der Waals surface area contributed by atoms with Crippen molar-refractivity contribution in [1.29, 1.82) is 0 Å². The number of carbonyl (C=O) groups is 1. The smallest absolute Gasteiger partial charge is 0.306 e. The third-order valence-corrected chi connectivity index (χ3v) is 7.86. The fourth-order valence-corrected chi connectivity index (χ4v) is 6.80. The molecule has 2 heteroatoms. The van der Waals surface area contributed by atoms with Crippen LogP contribution < -0.4 is 0 Å². The summed E-state index contributed by atoms with van der Waals surface area (Å²) in [5.74, 6) is 2.35. The van der Waals surface area contributed by atoms with E-state index < -0.39 is 0 Å². The Morgan fingerprint density at radius 2 is 2.13 bits per heavy atom. The molecular formula is C21H30O2. The van der Waals surface area contributed by atoms with E-state index in [1.807, 2.05) is 0 Å². The van der Waals surface area contributed by atoms with Gasteiger partial charge in [-0.2, -0.15) is 0 Å². The molecule has 0 aromatic carbocycles. The molecule has 0 aliphatic heterocycles. The number of rotatable bonds is 2. The molecule has 2 nitrogen and oxygen atoms in total. The van der Waals surface area contributed by atoms with Crippen LogP contribution in [0.2, 0.25) is 0 Å². The molecule has 23 heavy (non-hydrogen) atoms. The summed E-state index contributed by atoms with van der Waals surface area (Å²) in [6.45, 7) is 2.48. The third kappa shape index (κ3) is 2.24. The van der Waals surface area contributed by atoms with Crippen LogP contribution in [0.25, 0.3) is 0 Å². The number of esters is 1. The Balaban J connectivity index is 1.64. The molecule has 0 amide bonds. The minimum Gasteiger partial charge on any atom is -0.469 e. The van der Waals surface area contributed by atoms with Crippen molar-refractivity contribution in [3.05, 3.63) is 23.8 Å². The van der Waals surface area contributed by atoms with Gasteiger partial charge in [0.25, 0.3) is 0 Å². The molecule has 0 saturated heterocycles. The van der Waals surface area contributed by atoms with Gasteiger partial charge in [-0.1, -0.05) is 37.1 Å². The molecule has 0 bridgehead atoms. The van der Waals surface area contributed by atoms with Gasteiger partial charge in [-0.05, 0) is 68.1 Å². The van der Waals surface area contributed by atoms with Crippen molar-refractivity contribution in [3.8, 4) is 0 Å². The summed E-state index contributed by atoms with van der Waals surface area (Å²) < 4.78 is 5.04. The number of hydrogen-bond acceptors (Lipinski definition) is 2. The van der Waals surface area contributed by atoms with E-state index in [-0.39, 0.29) is 11.4 Å². The molecule has 0 spiro atoms. The molecule has 0 N–H and O–H groups in total. The van der Waals surface area contributed by atoms with E-state index in [0.717, 1.165) is 24.2 Å². The summed E-state index contributed by atoms with van der Waals surface area (Å²) in [6.07, 6.45) is 18.2. The maximum absolute atomic E-state index is 12.0. The van der Waals surface area contributed by atoms with Crippen molar-refractivity contribution in [2.24, 2.45) is 28.6 Å². The van der Waals surface area contributed by atoms with Gasteiger partial charge in [0.1, 0.15) is 0 Å². The van der Waals surface area contributed by atoms with Crippen molar-refractivity contribution in [2.75, 3.05) is 7.11 Å². The van der Waals surface area contributed by atoms with E-state index in [1.54, 1.807) is 12.7 Å². The Morgan fingerprint density at radius 1 is 1.26 bits per heavy atom. The molecule has 0 aromatic heterocycles. The predicted molar refractivity (Wildman–Crippen MR) is 91.8 cm³/mol. The average molecular weight is 314 g/mol. The Bertz CT molecular complexity index is 560. The summed E-state index contributed by atoms with van der Waals surface area (Å²) in [7, 11) is 1.54. The first kappa shape index (κ1) is 15.5. The minimum atomic E-state index is 0.00974. The second kappa shape index (κ2) is 5.50. The number of allylic oxidation sites excluding steroid dienone is 4. The van der Waals surface area contributed by atoms with Crippen LogP contribution >= 0.6 is 0 Å². The van der Waals surface area contributed by atoms with E-state index in [4.69, 9.17) is 4.74 Å². The van der Waals surface area contributed by atoms with Crippen LogP contribution in [0.3, 0.4) is 0 Å². The number of carbonyl (C=O) groups excluding carboxylic acids is 1. The predicted octanol–water partition coefficient (Wildman–Crippen LogP) is 5.05. The van der Waals surface area contributed by atoms with Crippen LogP contribution in [-0.4, -0.2) is 13.1 Å². The van der Waals surface area contributed by atoms with E-state index >= 15 is 0 Å². The van der Waals surface area contributed by atoms with Gasteiger partial charge in [0, 0.05) is 5.41 Å². The molecular weight excluding hydrogens is 284 g/mol. The van der Waals surface area contributed by atoms with Gasteiger partial charge in [-0.15, -0.1) is 0 Å². The van der Waals surface area contributed by atoms with Gasteiger partial charge in [-0.3, -0.25) is 4.79 Å². The van der Waals surface area contributed by atoms with Crippen LogP contribution in [0.4, 0.5) is 0 Å². The second-order valence-corrected chi connectivity index (χ2v) is 8.61. The Labute approximate surface area is 140 Å². The van der Waals surface area contributed by atoms with E-state index in [1.165, 1.54) is 44.9 Å². The van der Waals surface area contributed by atoms with E-state index in [9.17, 15) is 4.79 Å². The lowest BCUT2D eigenvalue weighted by Crippen LogP contribution is -2.49. The van der Waals surface area contributed by atoms with E-state index in [2.05, 4.69) is 25.2 Å². The topological polar surface area (TPSA) is 26.3 Å². The molecule has 0 unspecified atom stereocenters. The van der Waals surface area contributed by atoms with Gasteiger partial charge in [0.05, 0.1) is 13.5 Å². The van der Waals surface area contributed by atoms with Gasteiger partial charge in [0.2, 0.25) is 0 Å². The van der Waals surface area contributed by atoms with Crippen molar-refractivity contribution in [1.82, 2.24) is 0 Å². The lowest BCUT2D eigenvalue weighted by atomic mass is 9.48. The first-order valence-corrected chi connectivity index (χ1v) is 9.53. The zero-order chi connectivity index (χ0) is 16.1. The first-order valence-electron chi connectivity index (χ1n) is 9.53. The van der Waals surface area contributed by atoms with Crippen molar-refractivity contribution < 1.29 is 9.53 Å². The summed E-state index contributed by atoms with van der Waals surface area (Å²) >= 11 is 0. The SMILES string of the molecule is COC(=O)C[C@@]12CCC[C@H]1[C@@H]1CCC3=CCC=C[C@]3(C)[C@H]1CC2. The fourth-order valence-electron chi connectivity index (χ4n) is 6.80.